The molecule has 2 aromatic rings. The number of carbonyl (C=O) groups is 2. The van der Waals surface area contributed by atoms with Gasteiger partial charge in [0, 0.05) is 0 Å². The molecule has 1 saturated heterocycles. The van der Waals surface area contributed by atoms with Crippen LogP contribution in [0, 0.1) is 6.92 Å². The maximum absolute atomic E-state index is 13.2. The molecule has 3 amide bonds. The predicted molar refractivity (Wildman–Crippen MR) is 83.8 cm³/mol. The van der Waals surface area contributed by atoms with Gasteiger partial charge in [0.15, 0.2) is 5.82 Å². The lowest BCUT2D eigenvalue weighted by Gasteiger charge is -2.27. The topological polar surface area (TPSA) is 88.3 Å². The van der Waals surface area contributed by atoms with Gasteiger partial charge in [0.05, 0.1) is 0 Å². The standard InChI is InChI=1S/C17H18N4O3/c1-11-18-14(24-20-11)10-21-15(22)17(19-16(21)23)9-5-4-7-12-6-2-3-8-13(12)17/h2-3,6,8H,4-5,7,9-10H2,1H3,(H,19,23). The second-order valence-electron chi connectivity index (χ2n) is 6.33. The zero-order valence-corrected chi connectivity index (χ0v) is 13.4. The van der Waals surface area contributed by atoms with E-state index in [0.717, 1.165) is 30.4 Å². The number of imide groups is 1. The molecule has 2 aliphatic rings. The third-order valence-electron chi connectivity index (χ3n) is 4.76. The van der Waals surface area contributed by atoms with E-state index in [2.05, 4.69) is 15.5 Å². The van der Waals surface area contributed by atoms with Gasteiger partial charge in [-0.2, -0.15) is 4.98 Å². The Bertz CT molecular complexity index is 816. The summed E-state index contributed by atoms with van der Waals surface area (Å²) in [7, 11) is 0. The number of carbonyl (C=O) groups excluding carboxylic acids is 2. The van der Waals surface area contributed by atoms with Gasteiger partial charge in [0.1, 0.15) is 12.1 Å². The average Bonchev–Trinajstić information content (AvgIpc) is 3.01. The lowest BCUT2D eigenvalue weighted by molar-refractivity contribution is -0.132. The number of nitrogens with one attached hydrogen (secondary N) is 1. The maximum atomic E-state index is 13.2. The van der Waals surface area contributed by atoms with E-state index < -0.39 is 11.6 Å². The molecule has 1 atom stereocenters. The third kappa shape index (κ3) is 2.19. The number of hydrogen-bond donors (Lipinski definition) is 1. The van der Waals surface area contributed by atoms with Crippen molar-refractivity contribution < 1.29 is 14.1 Å². The van der Waals surface area contributed by atoms with Crippen LogP contribution < -0.4 is 5.32 Å². The largest absolute Gasteiger partial charge is 0.337 e. The van der Waals surface area contributed by atoms with Crippen molar-refractivity contribution in [3.63, 3.8) is 0 Å². The highest BCUT2D eigenvalue weighted by Gasteiger charge is 2.53. The summed E-state index contributed by atoms with van der Waals surface area (Å²) in [6, 6.07) is 7.45. The summed E-state index contributed by atoms with van der Waals surface area (Å²) in [5.41, 5.74) is 1.06. The molecule has 1 unspecified atom stereocenters. The molecular formula is C17H18N4O3. The Morgan fingerprint density at radius 1 is 1.29 bits per heavy atom. The first-order chi connectivity index (χ1) is 11.6. The van der Waals surface area contributed by atoms with E-state index in [1.807, 2.05) is 24.3 Å². The molecule has 7 heteroatoms. The van der Waals surface area contributed by atoms with Gasteiger partial charge in [-0.3, -0.25) is 9.69 Å². The Kier molecular flexibility index (Phi) is 3.37. The SMILES string of the molecule is Cc1noc(CN2C(=O)NC3(CCCCc4ccccc43)C2=O)n1. The lowest BCUT2D eigenvalue weighted by atomic mass is 9.84. The molecule has 1 aromatic carbocycles. The number of benzene rings is 1. The van der Waals surface area contributed by atoms with Crippen LogP contribution >= 0.6 is 0 Å². The van der Waals surface area contributed by atoms with Gasteiger partial charge in [-0.25, -0.2) is 4.79 Å². The molecule has 1 aromatic heterocycles. The van der Waals surface area contributed by atoms with E-state index in [1.165, 1.54) is 4.90 Å². The first kappa shape index (κ1) is 14.9. The predicted octanol–water partition coefficient (Wildman–Crippen LogP) is 2.05. The maximum Gasteiger partial charge on any atom is 0.325 e. The van der Waals surface area contributed by atoms with Gasteiger partial charge >= 0.3 is 6.03 Å². The summed E-state index contributed by atoms with van der Waals surface area (Å²) in [5.74, 6) is 0.499. The van der Waals surface area contributed by atoms with Crippen LogP contribution in [0.4, 0.5) is 4.79 Å². The number of fused-ring (bicyclic) bond motifs is 2. The molecule has 1 fully saturated rings. The normalized spacial score (nSPS) is 23.3. The lowest BCUT2D eigenvalue weighted by Crippen LogP contribution is -2.44. The van der Waals surface area contributed by atoms with Crippen molar-refractivity contribution in [2.24, 2.45) is 0 Å². The minimum Gasteiger partial charge on any atom is -0.337 e. The number of hydrogen-bond acceptors (Lipinski definition) is 5. The zero-order valence-electron chi connectivity index (χ0n) is 13.4. The molecule has 4 rings (SSSR count). The van der Waals surface area contributed by atoms with Gasteiger partial charge in [-0.15, -0.1) is 0 Å². The van der Waals surface area contributed by atoms with Crippen LogP contribution in [0.1, 0.15) is 42.1 Å². The first-order valence-corrected chi connectivity index (χ1v) is 8.12. The van der Waals surface area contributed by atoms with Gasteiger partial charge in [0.25, 0.3) is 5.91 Å². The van der Waals surface area contributed by atoms with E-state index in [0.29, 0.717) is 12.2 Å². The fourth-order valence-corrected chi connectivity index (χ4v) is 3.66. The number of nitrogens with zero attached hydrogens (tertiary/aromatic N) is 3. The molecule has 0 radical (unpaired) electrons. The summed E-state index contributed by atoms with van der Waals surface area (Å²) in [6.45, 7) is 1.69. The van der Waals surface area contributed by atoms with Crippen molar-refractivity contribution in [2.45, 2.75) is 44.7 Å². The molecule has 7 nitrogen and oxygen atoms in total. The number of urea groups is 1. The number of amides is 3. The van der Waals surface area contributed by atoms with Crippen molar-refractivity contribution in [1.29, 1.82) is 0 Å². The van der Waals surface area contributed by atoms with E-state index >= 15 is 0 Å². The summed E-state index contributed by atoms with van der Waals surface area (Å²) in [5, 5.41) is 6.65. The fourth-order valence-electron chi connectivity index (χ4n) is 3.66. The van der Waals surface area contributed by atoms with E-state index in [9.17, 15) is 9.59 Å². The third-order valence-corrected chi connectivity index (χ3v) is 4.76. The smallest absolute Gasteiger partial charge is 0.325 e. The second kappa shape index (κ2) is 5.43. The van der Waals surface area contributed by atoms with Crippen molar-refractivity contribution in [3.05, 3.63) is 47.1 Å². The van der Waals surface area contributed by atoms with Crippen LogP contribution in [-0.4, -0.2) is 27.0 Å². The summed E-state index contributed by atoms with van der Waals surface area (Å²) >= 11 is 0. The number of rotatable bonds is 2. The summed E-state index contributed by atoms with van der Waals surface area (Å²) in [6.07, 6.45) is 3.41. The first-order valence-electron chi connectivity index (χ1n) is 8.12. The minimum absolute atomic E-state index is 0.00454. The van der Waals surface area contributed by atoms with Crippen molar-refractivity contribution in [1.82, 2.24) is 20.4 Å². The van der Waals surface area contributed by atoms with Gasteiger partial charge in [-0.1, -0.05) is 29.4 Å². The molecule has 0 saturated carbocycles. The van der Waals surface area contributed by atoms with Crippen LogP contribution in [0.25, 0.3) is 0 Å². The van der Waals surface area contributed by atoms with E-state index in [1.54, 1.807) is 6.92 Å². The minimum atomic E-state index is -0.973. The Hall–Kier alpha value is -2.70. The van der Waals surface area contributed by atoms with Crippen LogP contribution in [0.2, 0.25) is 0 Å². The highest BCUT2D eigenvalue weighted by Crippen LogP contribution is 2.39. The fraction of sp³-hybridized carbons (Fsp3) is 0.412. The molecular weight excluding hydrogens is 308 g/mol. The Balaban J connectivity index is 1.72. The molecule has 1 aliphatic carbocycles. The molecule has 1 N–H and O–H groups in total. The highest BCUT2D eigenvalue weighted by molar-refractivity contribution is 6.07. The molecule has 1 spiro atoms. The van der Waals surface area contributed by atoms with Crippen LogP contribution in [0.15, 0.2) is 28.8 Å². The monoisotopic (exact) mass is 326 g/mol. The molecule has 24 heavy (non-hydrogen) atoms. The van der Waals surface area contributed by atoms with Crippen LogP contribution in [-0.2, 0) is 23.3 Å². The van der Waals surface area contributed by atoms with Gasteiger partial charge in [-0.05, 0) is 43.7 Å². The molecule has 124 valence electrons. The molecule has 2 heterocycles. The van der Waals surface area contributed by atoms with Crippen LogP contribution in [0.5, 0.6) is 0 Å². The van der Waals surface area contributed by atoms with Crippen LogP contribution in [0.3, 0.4) is 0 Å². The molecule has 0 bridgehead atoms. The van der Waals surface area contributed by atoms with Crippen molar-refractivity contribution in [3.8, 4) is 0 Å². The average molecular weight is 326 g/mol. The highest BCUT2D eigenvalue weighted by atomic mass is 16.5. The van der Waals surface area contributed by atoms with Crippen molar-refractivity contribution >= 4 is 11.9 Å². The second-order valence-corrected chi connectivity index (χ2v) is 6.33. The molecule has 1 aliphatic heterocycles. The Labute approximate surface area is 139 Å². The van der Waals surface area contributed by atoms with Gasteiger partial charge < -0.3 is 9.84 Å². The summed E-state index contributed by atoms with van der Waals surface area (Å²) in [4.78, 5) is 30.9. The van der Waals surface area contributed by atoms with Crippen molar-refractivity contribution in [2.75, 3.05) is 0 Å². The Morgan fingerprint density at radius 2 is 2.12 bits per heavy atom. The van der Waals surface area contributed by atoms with E-state index in [4.69, 9.17) is 4.52 Å². The van der Waals surface area contributed by atoms with E-state index in [-0.39, 0.29) is 18.3 Å². The summed E-state index contributed by atoms with van der Waals surface area (Å²) < 4.78 is 5.06. The number of aryl methyl sites for hydroxylation is 2. The van der Waals surface area contributed by atoms with Gasteiger partial charge in [0.2, 0.25) is 5.89 Å². The Morgan fingerprint density at radius 3 is 2.92 bits per heavy atom. The zero-order chi connectivity index (χ0) is 16.7. The quantitative estimate of drug-likeness (QED) is 0.853. The number of aromatic nitrogens is 2.